The van der Waals surface area contributed by atoms with Crippen LogP contribution in [0.25, 0.3) is 16.7 Å². The third kappa shape index (κ3) is 7.86. The Bertz CT molecular complexity index is 2980. The van der Waals surface area contributed by atoms with Crippen molar-refractivity contribution in [2.75, 3.05) is 36.8 Å². The molecule has 2 amide bonds. The molecule has 7 aliphatic rings. The number of rotatable bonds is 11. The van der Waals surface area contributed by atoms with E-state index in [4.69, 9.17) is 9.57 Å². The van der Waals surface area contributed by atoms with Gasteiger partial charge in [0, 0.05) is 74.7 Å². The molecule has 2 aromatic carbocycles. The summed E-state index contributed by atoms with van der Waals surface area (Å²) in [6.45, 7) is 16.3. The Labute approximate surface area is 395 Å². The monoisotopic (exact) mass is 949 g/mol. The van der Waals surface area contributed by atoms with Crippen LogP contribution in [-0.4, -0.2) is 93.7 Å². The molecule has 0 saturated carbocycles. The Hall–Kier alpha value is -5.11. The number of benzene rings is 2. The van der Waals surface area contributed by atoms with Gasteiger partial charge in [0.05, 0.1) is 61.7 Å². The van der Waals surface area contributed by atoms with Crippen molar-refractivity contribution < 1.29 is 41.5 Å². The van der Waals surface area contributed by atoms with Crippen LogP contribution in [0, 0.1) is 5.92 Å². The molecule has 7 aliphatic heterocycles. The van der Waals surface area contributed by atoms with Crippen LogP contribution in [0.5, 0.6) is 11.5 Å². The molecule has 14 nitrogen and oxygen atoms in total. The Morgan fingerprint density at radius 3 is 2.40 bits per heavy atom. The highest BCUT2D eigenvalue weighted by atomic mass is 32.2. The van der Waals surface area contributed by atoms with Crippen LogP contribution < -0.4 is 29.4 Å². The summed E-state index contributed by atoms with van der Waals surface area (Å²) in [5, 5.41) is 3.21. The Morgan fingerprint density at radius 2 is 1.70 bits per heavy atom. The quantitative estimate of drug-likeness (QED) is 0.115. The maximum atomic E-state index is 14.6. The van der Waals surface area contributed by atoms with Gasteiger partial charge in [0.25, 0.3) is 17.6 Å². The zero-order valence-electron chi connectivity index (χ0n) is 39.6. The topological polar surface area (TPSA) is 148 Å². The molecule has 0 atom stereocenters. The molecule has 0 radical (unpaired) electrons. The zero-order valence-corrected chi connectivity index (χ0v) is 41.4. The van der Waals surface area contributed by atoms with Crippen LogP contribution in [0.3, 0.4) is 0 Å². The predicted molar refractivity (Wildman–Crippen MR) is 257 cm³/mol. The van der Waals surface area contributed by atoms with Gasteiger partial charge in [0.2, 0.25) is 5.36 Å². The van der Waals surface area contributed by atoms with E-state index in [-0.39, 0.29) is 30.3 Å². The number of fused-ring (bicyclic) bond motifs is 4. The van der Waals surface area contributed by atoms with Crippen molar-refractivity contribution in [3.05, 3.63) is 80.9 Å². The average molecular weight is 950 g/mol. The third-order valence-electron chi connectivity index (χ3n) is 15.1. The van der Waals surface area contributed by atoms with E-state index in [1.54, 1.807) is 0 Å². The van der Waals surface area contributed by atoms with E-state index in [9.17, 15) is 27.4 Å². The van der Waals surface area contributed by atoms with Crippen LogP contribution in [0.1, 0.15) is 133 Å². The number of hydroxylamine groups is 2. The highest BCUT2D eigenvalue weighted by Crippen LogP contribution is 2.52. The smallest absolute Gasteiger partial charge is 0.336 e. The van der Waals surface area contributed by atoms with E-state index < -0.39 is 33.3 Å². The largest absolute Gasteiger partial charge is 0.748 e. The van der Waals surface area contributed by atoms with Gasteiger partial charge in [-0.05, 0) is 88.1 Å². The first-order valence-electron chi connectivity index (χ1n) is 24.3. The van der Waals surface area contributed by atoms with Crippen molar-refractivity contribution in [3.8, 4) is 11.5 Å². The molecule has 0 bridgehead atoms. The maximum Gasteiger partial charge on any atom is 0.336 e. The fourth-order valence-corrected chi connectivity index (χ4v) is 12.8. The van der Waals surface area contributed by atoms with Crippen molar-refractivity contribution in [1.29, 1.82) is 0 Å². The lowest BCUT2D eigenvalue weighted by Gasteiger charge is -2.47. The van der Waals surface area contributed by atoms with Gasteiger partial charge in [0.15, 0.2) is 12.1 Å². The van der Waals surface area contributed by atoms with Crippen LogP contribution in [-0.2, 0) is 55.3 Å². The molecule has 0 spiro atoms. The summed E-state index contributed by atoms with van der Waals surface area (Å²) in [5.41, 5.74) is 8.29. The zero-order chi connectivity index (χ0) is 47.3. The molecule has 0 N–H and O–H groups in total. The summed E-state index contributed by atoms with van der Waals surface area (Å²) >= 11 is 0. The number of hydrogen-bond acceptors (Lipinski definition) is 9. The van der Waals surface area contributed by atoms with Crippen molar-refractivity contribution in [2.45, 2.75) is 136 Å². The van der Waals surface area contributed by atoms with Gasteiger partial charge in [0.1, 0.15) is 30.4 Å². The van der Waals surface area contributed by atoms with Crippen LogP contribution >= 0.6 is 8.86 Å². The molecule has 67 heavy (non-hydrogen) atoms. The SMILES string of the molecule is CCCCn1cc[n+](CC(=O)N2CCC(C(=O)ON3C(=O)CCC3=P)CC2)c1C1=c2cc3c4c(c2Oc2c1cc1c5c2CCCN5C(C)(C)C=C1CS(=O)(=O)[O-])CCC[N+]=4C(C)(C)C=C3CC. The maximum absolute atomic E-state index is 14.6. The molecule has 8 heterocycles. The van der Waals surface area contributed by atoms with E-state index in [0.29, 0.717) is 56.3 Å². The Kier molecular flexibility index (Phi) is 11.5. The van der Waals surface area contributed by atoms with Crippen LogP contribution in [0.4, 0.5) is 5.69 Å². The number of amides is 2. The second-order valence-electron chi connectivity index (χ2n) is 20.4. The van der Waals surface area contributed by atoms with E-state index in [2.05, 4.69) is 93.4 Å². The Morgan fingerprint density at radius 1 is 0.940 bits per heavy atom. The number of carbonyl (C=O) groups is 3. The molecular formula is C51H62N6O8PS+. The number of ether oxygens (including phenoxy) is 1. The minimum absolute atomic E-state index is 0.0434. The summed E-state index contributed by atoms with van der Waals surface area (Å²) in [7, 11) is -1.24. The summed E-state index contributed by atoms with van der Waals surface area (Å²) in [6.07, 6.45) is 16.1. The van der Waals surface area contributed by atoms with Crippen LogP contribution in [0.15, 0.2) is 36.7 Å². The number of anilines is 1. The standard InChI is InChI=1S/C51H62N6O8PS/c1-7-9-18-53-23-24-54(29-41(59)52-21-16-32(17-22-52)49(60)65-57-40(58)14-15-42(57)66)48(53)43-38-25-36-31(8-2)27-50(3,4)55-19-10-12-34(44(36)55)46(38)64-47-35-13-11-20-56-45(35)37(26-39(43)47)33(28-51(56,5)6)30-67(61,62)63/h23-28,32,66H,7-22,29-30H2,1-6H3/q+1. The number of carbonyl (C=O) groups excluding carboxylic acids is 3. The first-order valence-corrected chi connectivity index (χ1v) is 26.3. The van der Waals surface area contributed by atoms with Crippen molar-refractivity contribution in [1.82, 2.24) is 19.1 Å². The van der Waals surface area contributed by atoms with Crippen molar-refractivity contribution in [3.63, 3.8) is 0 Å². The lowest BCUT2D eigenvalue weighted by molar-refractivity contribution is -0.686. The predicted octanol–water partition coefficient (Wildman–Crippen LogP) is 5.02. The van der Waals surface area contributed by atoms with Gasteiger partial charge in [-0.15, -0.1) is 5.06 Å². The summed E-state index contributed by atoms with van der Waals surface area (Å²) in [5.74, 6) is 0.543. The highest BCUT2D eigenvalue weighted by Gasteiger charge is 2.45. The van der Waals surface area contributed by atoms with E-state index in [1.807, 2.05) is 17.2 Å². The third-order valence-corrected chi connectivity index (χ3v) is 16.2. The molecule has 2 fully saturated rings. The minimum Gasteiger partial charge on any atom is -0.748 e. The van der Waals surface area contributed by atoms with Gasteiger partial charge in [-0.1, -0.05) is 35.2 Å². The molecule has 0 aliphatic carbocycles. The van der Waals surface area contributed by atoms with E-state index in [0.717, 1.165) is 107 Å². The summed E-state index contributed by atoms with van der Waals surface area (Å²) in [6, 6.07) is 4.36. The molecule has 10 rings (SSSR count). The number of hydrogen-bond donors (Lipinski definition) is 0. The lowest BCUT2D eigenvalue weighted by atomic mass is 9.79. The first-order chi connectivity index (χ1) is 31.9. The number of imidazole rings is 1. The summed E-state index contributed by atoms with van der Waals surface area (Å²) < 4.78 is 52.3. The highest BCUT2D eigenvalue weighted by molar-refractivity contribution is 7.86. The lowest BCUT2D eigenvalue weighted by Crippen LogP contribution is -2.53. The van der Waals surface area contributed by atoms with E-state index in [1.165, 1.54) is 22.1 Å². The number of allylic oxidation sites excluding steroid dienone is 1. The molecule has 16 heteroatoms. The second kappa shape index (κ2) is 16.8. The molecule has 1 aromatic heterocycles. The first kappa shape index (κ1) is 45.7. The number of unbranched alkanes of at least 4 members (excludes halogenated alkanes) is 1. The normalized spacial score (nSPS) is 20.4. The van der Waals surface area contributed by atoms with Gasteiger partial charge in [-0.25, -0.2) is 26.9 Å². The number of likely N-dealkylation sites (tertiary alicyclic amines) is 1. The minimum atomic E-state index is -4.65. The Balaban J connectivity index is 1.15. The molecule has 2 saturated heterocycles. The molecule has 0 unspecified atom stereocenters. The van der Waals surface area contributed by atoms with Gasteiger partial charge in [-0.3, -0.25) is 9.59 Å². The van der Waals surface area contributed by atoms with Gasteiger partial charge in [-0.2, -0.15) is 0 Å². The van der Waals surface area contributed by atoms with Crippen molar-refractivity contribution in [2.24, 2.45) is 5.92 Å². The van der Waals surface area contributed by atoms with E-state index >= 15 is 0 Å². The number of piperidine rings is 1. The molecule has 3 aromatic rings. The fraction of sp³-hybridized carbons (Fsp3) is 0.529. The number of nitrogens with zero attached hydrogens (tertiary/aromatic N) is 6. The fourth-order valence-electron chi connectivity index (χ4n) is 11.9. The summed E-state index contributed by atoms with van der Waals surface area (Å²) in [4.78, 5) is 49.7. The number of aromatic nitrogens is 2. The van der Waals surface area contributed by atoms with Crippen LogP contribution in [0.2, 0.25) is 0 Å². The molecule has 354 valence electrons. The van der Waals surface area contributed by atoms with Crippen molar-refractivity contribution >= 4 is 64.6 Å². The van der Waals surface area contributed by atoms with Gasteiger partial charge >= 0.3 is 5.97 Å². The molecular weight excluding hydrogens is 888 g/mol. The second-order valence-corrected chi connectivity index (χ2v) is 22.4. The van der Waals surface area contributed by atoms with Gasteiger partial charge < -0.3 is 23.9 Å². The average Bonchev–Trinajstić information content (AvgIpc) is 3.83. The number of aryl methyl sites for hydroxylation is 1.